The summed E-state index contributed by atoms with van der Waals surface area (Å²) in [4.78, 5) is 25.0. The lowest BCUT2D eigenvalue weighted by molar-refractivity contribution is -0.131. The summed E-state index contributed by atoms with van der Waals surface area (Å²) in [5.41, 5.74) is 5.53. The number of nitrogens with zero attached hydrogens (tertiary/aromatic N) is 1. The van der Waals surface area contributed by atoms with Crippen molar-refractivity contribution in [2.24, 2.45) is 0 Å². The van der Waals surface area contributed by atoms with E-state index >= 15 is 0 Å². The lowest BCUT2D eigenvalue weighted by atomic mass is 10.1. The van der Waals surface area contributed by atoms with Gasteiger partial charge in [0.1, 0.15) is 12.4 Å². The number of hydrogen-bond donors (Lipinski definition) is 2. The number of rotatable bonds is 4. The van der Waals surface area contributed by atoms with Gasteiger partial charge in [0, 0.05) is 18.5 Å². The predicted molar refractivity (Wildman–Crippen MR) is 109 cm³/mol. The van der Waals surface area contributed by atoms with Gasteiger partial charge in [-0.15, -0.1) is 0 Å². The second-order valence-corrected chi connectivity index (χ2v) is 6.81. The first kappa shape index (κ1) is 19.7. The van der Waals surface area contributed by atoms with E-state index in [9.17, 15) is 9.59 Å². The monoisotopic (exact) mass is 427 g/mol. The Morgan fingerprint density at radius 3 is 2.57 bits per heavy atom. The lowest BCUT2D eigenvalue weighted by Gasteiger charge is -2.25. The van der Waals surface area contributed by atoms with Crippen LogP contribution in [-0.4, -0.2) is 36.2 Å². The van der Waals surface area contributed by atoms with Gasteiger partial charge in [-0.2, -0.15) is 0 Å². The smallest absolute Gasteiger partial charge is 0.283 e. The molecule has 0 aliphatic carbocycles. The molecular formula is C21H18ClN3O5. The Labute approximate surface area is 177 Å². The van der Waals surface area contributed by atoms with Crippen molar-refractivity contribution >= 4 is 23.4 Å². The van der Waals surface area contributed by atoms with E-state index in [-0.39, 0.29) is 12.2 Å². The fourth-order valence-electron chi connectivity index (χ4n) is 3.00. The van der Waals surface area contributed by atoms with Crippen LogP contribution in [0.25, 0.3) is 5.69 Å². The molecule has 0 saturated carbocycles. The van der Waals surface area contributed by atoms with Crippen molar-refractivity contribution in [1.82, 2.24) is 15.4 Å². The Hall–Kier alpha value is -3.65. The number of methoxy groups -OCH3 is 1. The Morgan fingerprint density at radius 2 is 1.83 bits per heavy atom. The Morgan fingerprint density at radius 1 is 1.10 bits per heavy atom. The third kappa shape index (κ3) is 3.90. The molecule has 0 radical (unpaired) electrons. The molecule has 8 nitrogen and oxygen atoms in total. The SMILES string of the molecule is COc1cc(-n2cccc2)c(Cl)cc1C(=O)NNC(=O)C1COc2ccccc2O1. The van der Waals surface area contributed by atoms with Crippen LogP contribution in [0.4, 0.5) is 0 Å². The number of benzene rings is 2. The minimum atomic E-state index is -0.901. The van der Waals surface area contributed by atoms with Crippen molar-refractivity contribution in [2.45, 2.75) is 6.10 Å². The zero-order chi connectivity index (χ0) is 21.1. The van der Waals surface area contributed by atoms with Gasteiger partial charge in [-0.05, 0) is 30.3 Å². The molecule has 30 heavy (non-hydrogen) atoms. The van der Waals surface area contributed by atoms with Crippen LogP contribution in [0, 0.1) is 0 Å². The number of fused-ring (bicyclic) bond motifs is 1. The summed E-state index contributed by atoms with van der Waals surface area (Å²) >= 11 is 6.35. The molecule has 0 fully saturated rings. The molecule has 1 unspecified atom stereocenters. The number of nitrogens with one attached hydrogen (secondary N) is 2. The van der Waals surface area contributed by atoms with E-state index < -0.39 is 17.9 Å². The molecule has 2 amide bonds. The van der Waals surface area contributed by atoms with E-state index in [0.717, 1.165) is 0 Å². The molecule has 1 atom stereocenters. The fourth-order valence-corrected chi connectivity index (χ4v) is 3.26. The highest BCUT2D eigenvalue weighted by molar-refractivity contribution is 6.33. The summed E-state index contributed by atoms with van der Waals surface area (Å²) in [7, 11) is 1.45. The number of para-hydroxylation sites is 2. The van der Waals surface area contributed by atoms with Crippen LogP contribution >= 0.6 is 11.6 Å². The second-order valence-electron chi connectivity index (χ2n) is 6.40. The maximum atomic E-state index is 12.6. The Kier molecular flexibility index (Phi) is 5.49. The Bertz CT molecular complexity index is 1080. The number of carbonyl (C=O) groups excluding carboxylic acids is 2. The summed E-state index contributed by atoms with van der Waals surface area (Å²) in [6.45, 7) is 0.0272. The molecular weight excluding hydrogens is 410 g/mol. The van der Waals surface area contributed by atoms with E-state index in [0.29, 0.717) is 28.0 Å². The van der Waals surface area contributed by atoms with E-state index in [1.165, 1.54) is 13.2 Å². The van der Waals surface area contributed by atoms with Crippen LogP contribution in [0.5, 0.6) is 17.2 Å². The molecule has 2 N–H and O–H groups in total. The molecule has 0 bridgehead atoms. The summed E-state index contributed by atoms with van der Waals surface area (Å²) in [5, 5.41) is 0.351. The fraction of sp³-hybridized carbons (Fsp3) is 0.143. The van der Waals surface area contributed by atoms with Crippen LogP contribution in [-0.2, 0) is 4.79 Å². The van der Waals surface area contributed by atoms with E-state index in [4.69, 9.17) is 25.8 Å². The molecule has 0 saturated heterocycles. The molecule has 0 spiro atoms. The van der Waals surface area contributed by atoms with Crippen LogP contribution in [0.2, 0.25) is 5.02 Å². The van der Waals surface area contributed by atoms with Crippen molar-refractivity contribution in [2.75, 3.05) is 13.7 Å². The zero-order valence-electron chi connectivity index (χ0n) is 15.9. The van der Waals surface area contributed by atoms with Gasteiger partial charge in [-0.3, -0.25) is 20.4 Å². The summed E-state index contributed by atoms with van der Waals surface area (Å²) in [6.07, 6.45) is 2.75. The first-order valence-electron chi connectivity index (χ1n) is 9.06. The van der Waals surface area contributed by atoms with Gasteiger partial charge in [0.05, 0.1) is 23.4 Å². The van der Waals surface area contributed by atoms with Gasteiger partial charge in [0.15, 0.2) is 11.5 Å². The van der Waals surface area contributed by atoms with Gasteiger partial charge in [0.25, 0.3) is 11.8 Å². The van der Waals surface area contributed by atoms with Crippen molar-refractivity contribution in [3.63, 3.8) is 0 Å². The third-order valence-corrected chi connectivity index (χ3v) is 4.80. The van der Waals surface area contributed by atoms with Crippen molar-refractivity contribution in [3.05, 3.63) is 71.5 Å². The minimum absolute atomic E-state index is 0.0272. The largest absolute Gasteiger partial charge is 0.496 e. The van der Waals surface area contributed by atoms with Crippen molar-refractivity contribution in [3.8, 4) is 22.9 Å². The van der Waals surface area contributed by atoms with Gasteiger partial charge in [0.2, 0.25) is 6.10 Å². The molecule has 1 aliphatic rings. The molecule has 1 aromatic heterocycles. The number of halogens is 1. The highest BCUT2D eigenvalue weighted by Crippen LogP contribution is 2.31. The van der Waals surface area contributed by atoms with Crippen LogP contribution < -0.4 is 25.1 Å². The molecule has 2 aromatic carbocycles. The Balaban J connectivity index is 1.44. The number of hydrogen-bond acceptors (Lipinski definition) is 5. The van der Waals surface area contributed by atoms with Crippen molar-refractivity contribution < 1.29 is 23.8 Å². The minimum Gasteiger partial charge on any atom is -0.496 e. The normalized spacial score (nSPS) is 14.7. The first-order chi connectivity index (χ1) is 14.6. The highest BCUT2D eigenvalue weighted by atomic mass is 35.5. The predicted octanol–water partition coefficient (Wildman–Crippen LogP) is 2.74. The molecule has 9 heteroatoms. The summed E-state index contributed by atoms with van der Waals surface area (Å²) < 4.78 is 18.3. The first-order valence-corrected chi connectivity index (χ1v) is 9.44. The summed E-state index contributed by atoms with van der Waals surface area (Å²) in [6, 6.07) is 13.9. The number of amides is 2. The second kappa shape index (κ2) is 8.38. The average Bonchev–Trinajstić information content (AvgIpc) is 3.31. The average molecular weight is 428 g/mol. The quantitative estimate of drug-likeness (QED) is 0.625. The molecule has 154 valence electrons. The van der Waals surface area contributed by atoms with Crippen LogP contribution in [0.15, 0.2) is 60.9 Å². The van der Waals surface area contributed by atoms with E-state index in [1.54, 1.807) is 28.8 Å². The van der Waals surface area contributed by atoms with Crippen LogP contribution in [0.3, 0.4) is 0 Å². The topological polar surface area (TPSA) is 90.8 Å². The molecule has 1 aliphatic heterocycles. The van der Waals surface area contributed by atoms with Crippen LogP contribution in [0.1, 0.15) is 10.4 Å². The third-order valence-electron chi connectivity index (χ3n) is 4.50. The molecule has 4 rings (SSSR count). The van der Waals surface area contributed by atoms with E-state index in [1.807, 2.05) is 30.6 Å². The molecule has 3 aromatic rings. The van der Waals surface area contributed by atoms with Gasteiger partial charge in [-0.1, -0.05) is 23.7 Å². The standard InChI is InChI=1S/C21H18ClN3O5/c1-28-18-11-15(25-8-4-5-9-25)14(22)10-13(18)20(26)23-24-21(27)19-12-29-16-6-2-3-7-17(16)30-19/h2-11,19H,12H2,1H3,(H,23,26)(H,24,27). The molecule has 2 heterocycles. The lowest BCUT2D eigenvalue weighted by Crippen LogP contribution is -2.50. The maximum Gasteiger partial charge on any atom is 0.283 e. The van der Waals surface area contributed by atoms with Gasteiger partial charge in [-0.25, -0.2) is 0 Å². The number of carbonyl (C=O) groups is 2. The van der Waals surface area contributed by atoms with E-state index in [2.05, 4.69) is 10.9 Å². The van der Waals surface area contributed by atoms with Crippen molar-refractivity contribution in [1.29, 1.82) is 0 Å². The van der Waals surface area contributed by atoms with Gasteiger partial charge < -0.3 is 18.8 Å². The maximum absolute atomic E-state index is 12.6. The highest BCUT2D eigenvalue weighted by Gasteiger charge is 2.28. The van der Waals surface area contributed by atoms with Gasteiger partial charge >= 0.3 is 0 Å². The zero-order valence-corrected chi connectivity index (χ0v) is 16.7. The number of hydrazine groups is 1. The number of ether oxygens (including phenoxy) is 3. The summed E-state index contributed by atoms with van der Waals surface area (Å²) in [5.74, 6) is 0.197. The number of aromatic nitrogens is 1.